The highest BCUT2D eigenvalue weighted by Crippen LogP contribution is 2.29. The second kappa shape index (κ2) is 6.43. The van der Waals surface area contributed by atoms with Crippen LogP contribution in [0.1, 0.15) is 19.8 Å². The molecule has 0 radical (unpaired) electrons. The Balaban J connectivity index is 2.00. The van der Waals surface area contributed by atoms with Crippen molar-refractivity contribution in [2.75, 3.05) is 24.2 Å². The molecule has 0 aromatic heterocycles. The molecule has 4 N–H and O–H groups in total. The number of halogens is 1. The van der Waals surface area contributed by atoms with E-state index in [1.807, 2.05) is 11.8 Å². The summed E-state index contributed by atoms with van der Waals surface area (Å²) in [4.78, 5) is 14.3. The Morgan fingerprint density at radius 2 is 2.30 bits per heavy atom. The molecule has 0 spiro atoms. The second-order valence-corrected chi connectivity index (χ2v) is 5.50. The molecule has 1 aromatic carbocycles. The summed E-state index contributed by atoms with van der Waals surface area (Å²) in [5.74, 6) is -0.105. The fourth-order valence-electron chi connectivity index (χ4n) is 2.23. The molecule has 0 saturated heterocycles. The standard InChI is InChI=1S/C14H20ClN3O2/c1-9(18(6-7-19)11-3-4-11)14(20)17-10-2-5-12(15)13(16)8-10/h2,5,8-9,11,19H,3-4,6-7,16H2,1H3,(H,17,20). The van der Waals surface area contributed by atoms with Crippen molar-refractivity contribution in [1.29, 1.82) is 0 Å². The first-order valence-corrected chi connectivity index (χ1v) is 7.13. The van der Waals surface area contributed by atoms with E-state index in [9.17, 15) is 4.79 Å². The van der Waals surface area contributed by atoms with Gasteiger partial charge in [-0.3, -0.25) is 9.69 Å². The normalized spacial score (nSPS) is 16.2. The van der Waals surface area contributed by atoms with Gasteiger partial charge in [-0.2, -0.15) is 0 Å². The van der Waals surface area contributed by atoms with Crippen LogP contribution in [0.2, 0.25) is 5.02 Å². The molecule has 20 heavy (non-hydrogen) atoms. The lowest BCUT2D eigenvalue weighted by Gasteiger charge is -2.27. The molecule has 0 aliphatic heterocycles. The molecule has 6 heteroatoms. The van der Waals surface area contributed by atoms with Gasteiger partial charge >= 0.3 is 0 Å². The van der Waals surface area contributed by atoms with Gasteiger partial charge in [0, 0.05) is 18.3 Å². The molecule has 1 aliphatic carbocycles. The predicted molar refractivity (Wildman–Crippen MR) is 80.8 cm³/mol. The molecule has 1 atom stereocenters. The van der Waals surface area contributed by atoms with Gasteiger partial charge in [0.2, 0.25) is 5.91 Å². The minimum Gasteiger partial charge on any atom is -0.397 e. The summed E-state index contributed by atoms with van der Waals surface area (Å²) in [6, 6.07) is 5.14. The molecule has 1 amide bonds. The minimum atomic E-state index is -0.286. The fraction of sp³-hybridized carbons (Fsp3) is 0.500. The van der Waals surface area contributed by atoms with Crippen LogP contribution in [0, 0.1) is 0 Å². The smallest absolute Gasteiger partial charge is 0.241 e. The third kappa shape index (κ3) is 3.62. The first-order valence-electron chi connectivity index (χ1n) is 6.75. The van der Waals surface area contributed by atoms with E-state index in [-0.39, 0.29) is 18.6 Å². The summed E-state index contributed by atoms with van der Waals surface area (Å²) < 4.78 is 0. The maximum atomic E-state index is 12.2. The Labute approximate surface area is 123 Å². The van der Waals surface area contributed by atoms with Crippen molar-refractivity contribution >= 4 is 28.9 Å². The van der Waals surface area contributed by atoms with E-state index in [0.29, 0.717) is 29.0 Å². The SMILES string of the molecule is CC(C(=O)Nc1ccc(Cl)c(N)c1)N(CCO)C1CC1. The van der Waals surface area contributed by atoms with E-state index in [1.165, 1.54) is 0 Å². The molecule has 1 fully saturated rings. The maximum absolute atomic E-state index is 12.2. The molecule has 1 saturated carbocycles. The summed E-state index contributed by atoms with van der Waals surface area (Å²) in [5, 5.41) is 12.4. The lowest BCUT2D eigenvalue weighted by atomic mass is 10.2. The number of nitrogen functional groups attached to an aromatic ring is 1. The van der Waals surface area contributed by atoms with Gasteiger partial charge in [0.25, 0.3) is 0 Å². The topological polar surface area (TPSA) is 78.6 Å². The number of rotatable bonds is 6. The zero-order valence-electron chi connectivity index (χ0n) is 11.5. The number of aliphatic hydroxyl groups excluding tert-OH is 1. The predicted octanol–water partition coefficient (Wildman–Crippen LogP) is 1.71. The lowest BCUT2D eigenvalue weighted by molar-refractivity contribution is -0.121. The number of anilines is 2. The number of hydrogen-bond acceptors (Lipinski definition) is 4. The van der Waals surface area contributed by atoms with Gasteiger partial charge in [0.15, 0.2) is 0 Å². The Morgan fingerprint density at radius 1 is 1.60 bits per heavy atom. The summed E-state index contributed by atoms with van der Waals surface area (Å²) in [5.41, 5.74) is 6.78. The van der Waals surface area contributed by atoms with Crippen LogP contribution in [0.15, 0.2) is 18.2 Å². The van der Waals surface area contributed by atoms with Crippen LogP contribution in [0.5, 0.6) is 0 Å². The van der Waals surface area contributed by atoms with E-state index in [4.69, 9.17) is 22.4 Å². The average Bonchev–Trinajstić information content (AvgIpc) is 3.24. The van der Waals surface area contributed by atoms with Crippen molar-refractivity contribution in [2.24, 2.45) is 0 Å². The molecule has 1 aliphatic rings. The van der Waals surface area contributed by atoms with E-state index < -0.39 is 0 Å². The monoisotopic (exact) mass is 297 g/mol. The summed E-state index contributed by atoms with van der Waals surface area (Å²) in [6.45, 7) is 2.42. The third-order valence-corrected chi connectivity index (χ3v) is 3.86. The number of benzene rings is 1. The van der Waals surface area contributed by atoms with Gasteiger partial charge in [-0.15, -0.1) is 0 Å². The third-order valence-electron chi connectivity index (χ3n) is 3.51. The Hall–Kier alpha value is -1.30. The molecule has 1 unspecified atom stereocenters. The number of nitrogens with two attached hydrogens (primary N) is 1. The first-order chi connectivity index (χ1) is 9.52. The maximum Gasteiger partial charge on any atom is 0.241 e. The van der Waals surface area contributed by atoms with Crippen molar-refractivity contribution < 1.29 is 9.90 Å². The van der Waals surface area contributed by atoms with E-state index in [0.717, 1.165) is 12.8 Å². The zero-order valence-corrected chi connectivity index (χ0v) is 12.2. The molecule has 0 bridgehead atoms. The van der Waals surface area contributed by atoms with Crippen LogP contribution in [-0.2, 0) is 4.79 Å². The Kier molecular flexibility index (Phi) is 4.86. The fourth-order valence-corrected chi connectivity index (χ4v) is 2.35. The summed E-state index contributed by atoms with van der Waals surface area (Å²) >= 11 is 5.85. The minimum absolute atomic E-state index is 0.0576. The number of carbonyl (C=O) groups is 1. The molecule has 2 rings (SSSR count). The molecule has 5 nitrogen and oxygen atoms in total. The highest BCUT2D eigenvalue weighted by Gasteiger charge is 2.34. The van der Waals surface area contributed by atoms with Gasteiger partial charge in [-0.25, -0.2) is 0 Å². The van der Waals surface area contributed by atoms with Gasteiger partial charge in [-0.05, 0) is 38.0 Å². The van der Waals surface area contributed by atoms with Crippen molar-refractivity contribution in [2.45, 2.75) is 31.8 Å². The average molecular weight is 298 g/mol. The zero-order chi connectivity index (χ0) is 14.7. The second-order valence-electron chi connectivity index (χ2n) is 5.09. The van der Waals surface area contributed by atoms with Gasteiger partial charge in [-0.1, -0.05) is 11.6 Å². The molecule has 1 aromatic rings. The quantitative estimate of drug-likeness (QED) is 0.699. The summed E-state index contributed by atoms with van der Waals surface area (Å²) in [7, 11) is 0. The van der Waals surface area contributed by atoms with Crippen molar-refractivity contribution in [3.8, 4) is 0 Å². The lowest BCUT2D eigenvalue weighted by Crippen LogP contribution is -2.44. The van der Waals surface area contributed by atoms with Crippen LogP contribution >= 0.6 is 11.6 Å². The van der Waals surface area contributed by atoms with E-state index in [1.54, 1.807) is 18.2 Å². The number of carbonyl (C=O) groups excluding carboxylic acids is 1. The number of aliphatic hydroxyl groups is 1. The van der Waals surface area contributed by atoms with Crippen LogP contribution in [0.3, 0.4) is 0 Å². The highest BCUT2D eigenvalue weighted by atomic mass is 35.5. The van der Waals surface area contributed by atoms with Crippen molar-refractivity contribution in [3.05, 3.63) is 23.2 Å². The first kappa shape index (κ1) is 15.1. The molecular formula is C14H20ClN3O2. The molecule has 110 valence electrons. The molecular weight excluding hydrogens is 278 g/mol. The number of amides is 1. The summed E-state index contributed by atoms with van der Waals surface area (Å²) in [6.07, 6.45) is 2.18. The largest absolute Gasteiger partial charge is 0.397 e. The van der Waals surface area contributed by atoms with Crippen LogP contribution in [-0.4, -0.2) is 41.1 Å². The number of hydrogen-bond donors (Lipinski definition) is 3. The Morgan fingerprint density at radius 3 is 2.85 bits per heavy atom. The van der Waals surface area contributed by atoms with Crippen LogP contribution in [0.25, 0.3) is 0 Å². The van der Waals surface area contributed by atoms with Crippen molar-refractivity contribution in [1.82, 2.24) is 4.90 Å². The number of nitrogens with zero attached hydrogens (tertiary/aromatic N) is 1. The van der Waals surface area contributed by atoms with Gasteiger partial charge in [0.05, 0.1) is 23.4 Å². The van der Waals surface area contributed by atoms with Gasteiger partial charge < -0.3 is 16.2 Å². The number of nitrogens with one attached hydrogen (secondary N) is 1. The molecule has 0 heterocycles. The van der Waals surface area contributed by atoms with E-state index in [2.05, 4.69) is 5.32 Å². The Bertz CT molecular complexity index is 491. The van der Waals surface area contributed by atoms with Crippen LogP contribution in [0.4, 0.5) is 11.4 Å². The van der Waals surface area contributed by atoms with Crippen LogP contribution < -0.4 is 11.1 Å². The highest BCUT2D eigenvalue weighted by molar-refractivity contribution is 6.33. The van der Waals surface area contributed by atoms with Gasteiger partial charge in [0.1, 0.15) is 0 Å². The van der Waals surface area contributed by atoms with E-state index >= 15 is 0 Å². The van der Waals surface area contributed by atoms with Crippen molar-refractivity contribution in [3.63, 3.8) is 0 Å².